The van der Waals surface area contributed by atoms with Crippen molar-refractivity contribution in [3.8, 4) is 0 Å². The lowest BCUT2D eigenvalue weighted by Gasteiger charge is -2.17. The standard InChI is InChI=1S/C16H12N4OS/c1-2-4-11(5-3-1)15(16-20-18-9-21-16)19-12-6-7-13-14(8-12)22-10-17-13/h1-10,15,19H. The number of anilines is 1. The molecule has 1 unspecified atom stereocenters. The molecule has 0 bridgehead atoms. The third-order valence-electron chi connectivity index (χ3n) is 3.40. The van der Waals surface area contributed by atoms with Gasteiger partial charge in [-0.25, -0.2) is 4.98 Å². The van der Waals surface area contributed by atoms with Crippen molar-refractivity contribution in [2.45, 2.75) is 6.04 Å². The molecule has 0 saturated carbocycles. The highest BCUT2D eigenvalue weighted by Gasteiger charge is 2.19. The van der Waals surface area contributed by atoms with Crippen LogP contribution in [0.1, 0.15) is 17.5 Å². The molecule has 4 rings (SSSR count). The van der Waals surface area contributed by atoms with E-state index in [1.165, 1.54) is 6.39 Å². The van der Waals surface area contributed by atoms with Crippen molar-refractivity contribution < 1.29 is 4.42 Å². The van der Waals surface area contributed by atoms with Gasteiger partial charge in [0.15, 0.2) is 0 Å². The second-order valence-corrected chi connectivity index (χ2v) is 5.69. The van der Waals surface area contributed by atoms with Crippen LogP contribution in [0.25, 0.3) is 10.2 Å². The van der Waals surface area contributed by atoms with Crippen LogP contribution in [0.5, 0.6) is 0 Å². The van der Waals surface area contributed by atoms with Crippen LogP contribution in [0.15, 0.2) is 64.9 Å². The Bertz CT molecular complexity index is 873. The molecule has 0 spiro atoms. The first-order valence-corrected chi connectivity index (χ1v) is 7.69. The van der Waals surface area contributed by atoms with Gasteiger partial charge in [-0.2, -0.15) is 0 Å². The Morgan fingerprint density at radius 3 is 2.82 bits per heavy atom. The summed E-state index contributed by atoms with van der Waals surface area (Å²) in [5.41, 5.74) is 4.91. The van der Waals surface area contributed by atoms with Crippen molar-refractivity contribution in [3.05, 3.63) is 71.9 Å². The molecule has 0 amide bonds. The fourth-order valence-corrected chi connectivity index (χ4v) is 3.07. The van der Waals surface area contributed by atoms with Gasteiger partial charge >= 0.3 is 0 Å². The van der Waals surface area contributed by atoms with Crippen molar-refractivity contribution >= 4 is 27.2 Å². The summed E-state index contributed by atoms with van der Waals surface area (Å²) in [6.07, 6.45) is 1.35. The minimum atomic E-state index is -0.186. The van der Waals surface area contributed by atoms with Crippen molar-refractivity contribution in [2.75, 3.05) is 5.32 Å². The fourth-order valence-electron chi connectivity index (χ4n) is 2.35. The largest absolute Gasteiger partial charge is 0.425 e. The zero-order valence-corrected chi connectivity index (χ0v) is 12.3. The first-order valence-electron chi connectivity index (χ1n) is 6.81. The van der Waals surface area contributed by atoms with Gasteiger partial charge in [-0.3, -0.25) is 0 Å². The van der Waals surface area contributed by atoms with E-state index in [-0.39, 0.29) is 6.04 Å². The summed E-state index contributed by atoms with van der Waals surface area (Å²) in [5, 5.41) is 11.3. The maximum absolute atomic E-state index is 5.40. The summed E-state index contributed by atoms with van der Waals surface area (Å²) in [7, 11) is 0. The number of nitrogens with zero attached hydrogens (tertiary/aromatic N) is 3. The molecule has 0 aliphatic heterocycles. The van der Waals surface area contributed by atoms with Crippen molar-refractivity contribution in [3.63, 3.8) is 0 Å². The van der Waals surface area contributed by atoms with Gasteiger partial charge < -0.3 is 9.73 Å². The highest BCUT2D eigenvalue weighted by Crippen LogP contribution is 2.28. The Labute approximate surface area is 130 Å². The normalized spacial score (nSPS) is 12.4. The van der Waals surface area contributed by atoms with Gasteiger partial charge in [0, 0.05) is 5.69 Å². The van der Waals surface area contributed by atoms with Crippen LogP contribution < -0.4 is 5.32 Å². The Hall–Kier alpha value is -2.73. The molecular formula is C16H12N4OS. The highest BCUT2D eigenvalue weighted by atomic mass is 32.1. The number of nitrogens with one attached hydrogen (secondary N) is 1. The second-order valence-electron chi connectivity index (χ2n) is 4.80. The number of benzene rings is 2. The molecule has 2 heterocycles. The van der Waals surface area contributed by atoms with E-state index in [0.29, 0.717) is 5.89 Å². The summed E-state index contributed by atoms with van der Waals surface area (Å²) in [5.74, 6) is 0.538. The first-order chi connectivity index (χ1) is 10.9. The van der Waals surface area contributed by atoms with Gasteiger partial charge in [0.1, 0.15) is 6.04 Å². The predicted molar refractivity (Wildman–Crippen MR) is 85.8 cm³/mol. The van der Waals surface area contributed by atoms with E-state index in [1.54, 1.807) is 11.3 Å². The zero-order chi connectivity index (χ0) is 14.8. The molecule has 5 nitrogen and oxygen atoms in total. The van der Waals surface area contributed by atoms with Gasteiger partial charge in [-0.1, -0.05) is 30.3 Å². The molecule has 0 saturated heterocycles. The minimum absolute atomic E-state index is 0.186. The van der Waals surface area contributed by atoms with E-state index in [0.717, 1.165) is 21.5 Å². The Kier molecular flexibility index (Phi) is 3.29. The summed E-state index contributed by atoms with van der Waals surface area (Å²) in [6.45, 7) is 0. The van der Waals surface area contributed by atoms with Crippen molar-refractivity contribution in [1.82, 2.24) is 15.2 Å². The molecule has 6 heteroatoms. The zero-order valence-electron chi connectivity index (χ0n) is 11.5. The molecule has 0 aliphatic carbocycles. The van der Waals surface area contributed by atoms with Crippen LogP contribution in [0.3, 0.4) is 0 Å². The number of hydrogen-bond donors (Lipinski definition) is 1. The molecule has 1 atom stereocenters. The molecule has 0 radical (unpaired) electrons. The van der Waals surface area contributed by atoms with Gasteiger partial charge in [0.2, 0.25) is 12.3 Å². The topological polar surface area (TPSA) is 63.8 Å². The maximum atomic E-state index is 5.40. The van der Waals surface area contributed by atoms with E-state index < -0.39 is 0 Å². The van der Waals surface area contributed by atoms with Gasteiger partial charge in [0.05, 0.1) is 15.7 Å². The van der Waals surface area contributed by atoms with Gasteiger partial charge in [0.25, 0.3) is 0 Å². The molecule has 0 fully saturated rings. The molecule has 108 valence electrons. The van der Waals surface area contributed by atoms with Crippen LogP contribution in [-0.2, 0) is 0 Å². The van der Waals surface area contributed by atoms with Crippen molar-refractivity contribution in [2.24, 2.45) is 0 Å². The first kappa shape index (κ1) is 13.0. The third kappa shape index (κ3) is 2.44. The van der Waals surface area contributed by atoms with Crippen LogP contribution in [-0.4, -0.2) is 15.2 Å². The van der Waals surface area contributed by atoms with E-state index in [2.05, 4.69) is 26.6 Å². The third-order valence-corrected chi connectivity index (χ3v) is 4.19. The summed E-state index contributed by atoms with van der Waals surface area (Å²) in [4.78, 5) is 4.30. The maximum Gasteiger partial charge on any atom is 0.242 e. The monoisotopic (exact) mass is 308 g/mol. The van der Waals surface area contributed by atoms with E-state index >= 15 is 0 Å². The number of hydrogen-bond acceptors (Lipinski definition) is 6. The predicted octanol–water partition coefficient (Wildman–Crippen LogP) is 3.88. The molecule has 22 heavy (non-hydrogen) atoms. The van der Waals surface area contributed by atoms with E-state index in [1.807, 2.05) is 48.0 Å². The lowest BCUT2D eigenvalue weighted by atomic mass is 10.1. The van der Waals surface area contributed by atoms with E-state index in [9.17, 15) is 0 Å². The minimum Gasteiger partial charge on any atom is -0.425 e. The number of aromatic nitrogens is 3. The average Bonchev–Trinajstić information content (AvgIpc) is 3.24. The fraction of sp³-hybridized carbons (Fsp3) is 0.0625. The van der Waals surface area contributed by atoms with Gasteiger partial charge in [-0.15, -0.1) is 21.5 Å². The van der Waals surface area contributed by atoms with Gasteiger partial charge in [-0.05, 0) is 23.8 Å². The lowest BCUT2D eigenvalue weighted by Crippen LogP contribution is -2.12. The molecule has 4 aromatic rings. The van der Waals surface area contributed by atoms with Crippen LogP contribution in [0, 0.1) is 0 Å². The summed E-state index contributed by atoms with van der Waals surface area (Å²) in [6, 6.07) is 15.9. The van der Waals surface area contributed by atoms with Crippen LogP contribution >= 0.6 is 11.3 Å². The molecule has 2 aromatic carbocycles. The second kappa shape index (κ2) is 5.57. The van der Waals surface area contributed by atoms with E-state index in [4.69, 9.17) is 4.42 Å². The van der Waals surface area contributed by atoms with Crippen molar-refractivity contribution in [1.29, 1.82) is 0 Å². The Morgan fingerprint density at radius 2 is 2.00 bits per heavy atom. The smallest absolute Gasteiger partial charge is 0.242 e. The SMILES string of the molecule is c1ccc(C(Nc2ccc3ncsc3c2)c2nnco2)cc1. The average molecular weight is 308 g/mol. The number of thiazole rings is 1. The lowest BCUT2D eigenvalue weighted by molar-refractivity contribution is 0.482. The quantitative estimate of drug-likeness (QED) is 0.620. The summed E-state index contributed by atoms with van der Waals surface area (Å²) < 4.78 is 6.54. The molecule has 1 N–H and O–H groups in total. The number of fused-ring (bicyclic) bond motifs is 1. The van der Waals surface area contributed by atoms with Crippen LogP contribution in [0.2, 0.25) is 0 Å². The highest BCUT2D eigenvalue weighted by molar-refractivity contribution is 7.16. The Balaban J connectivity index is 1.72. The molecule has 2 aromatic heterocycles. The number of rotatable bonds is 4. The Morgan fingerprint density at radius 1 is 1.09 bits per heavy atom. The van der Waals surface area contributed by atoms with Crippen LogP contribution in [0.4, 0.5) is 5.69 Å². The molecular weight excluding hydrogens is 296 g/mol. The summed E-state index contributed by atoms with van der Waals surface area (Å²) >= 11 is 1.62. The molecule has 0 aliphatic rings.